The van der Waals surface area contributed by atoms with Crippen molar-refractivity contribution in [3.8, 4) is 0 Å². The van der Waals surface area contributed by atoms with Gasteiger partial charge in [0.05, 0.1) is 0 Å². The topological polar surface area (TPSA) is 72.9 Å². The first-order chi connectivity index (χ1) is 13.6. The molecule has 3 heterocycles. The van der Waals surface area contributed by atoms with Crippen molar-refractivity contribution >= 4 is 35.0 Å². The van der Waals surface area contributed by atoms with E-state index in [-0.39, 0.29) is 18.5 Å². The largest absolute Gasteiger partial charge is 0.353 e. The number of benzene rings is 1. The second-order valence-electron chi connectivity index (χ2n) is 6.77. The summed E-state index contributed by atoms with van der Waals surface area (Å²) in [6.45, 7) is 3.87. The molecule has 0 unspecified atom stereocenters. The van der Waals surface area contributed by atoms with E-state index in [1.54, 1.807) is 28.1 Å². The summed E-state index contributed by atoms with van der Waals surface area (Å²) >= 11 is 5.91. The van der Waals surface area contributed by atoms with Crippen molar-refractivity contribution in [3.63, 3.8) is 0 Å². The Bertz CT molecular complexity index is 839. The molecule has 0 spiro atoms. The Morgan fingerprint density at radius 1 is 1.00 bits per heavy atom. The van der Waals surface area contributed by atoms with Gasteiger partial charge in [-0.05, 0) is 30.3 Å². The van der Waals surface area contributed by atoms with Crippen LogP contribution in [0.5, 0.6) is 0 Å². The molecule has 0 N–H and O–H groups in total. The number of urea groups is 1. The summed E-state index contributed by atoms with van der Waals surface area (Å²) in [5.41, 5.74) is 0.794. The predicted molar refractivity (Wildman–Crippen MR) is 107 cm³/mol. The van der Waals surface area contributed by atoms with Crippen LogP contribution in [0.3, 0.4) is 0 Å². The molecule has 3 amide bonds. The summed E-state index contributed by atoms with van der Waals surface area (Å²) in [5.74, 6) is 0.851. The van der Waals surface area contributed by atoms with Crippen LogP contribution >= 0.6 is 11.6 Å². The number of hydrogen-bond donors (Lipinski definition) is 0. The Kier molecular flexibility index (Phi) is 5.29. The normalized spacial score (nSPS) is 17.4. The van der Waals surface area contributed by atoms with E-state index in [0.717, 1.165) is 11.5 Å². The Morgan fingerprint density at radius 2 is 1.75 bits per heavy atom. The van der Waals surface area contributed by atoms with Gasteiger partial charge < -0.3 is 14.7 Å². The Balaban J connectivity index is 1.31. The molecule has 1 aromatic heterocycles. The first kappa shape index (κ1) is 18.5. The second-order valence-corrected chi connectivity index (χ2v) is 7.20. The summed E-state index contributed by atoms with van der Waals surface area (Å²) in [6, 6.07) is 8.88. The number of carbonyl (C=O) groups excluding carboxylic acids is 2. The third-order valence-corrected chi connectivity index (χ3v) is 5.33. The van der Waals surface area contributed by atoms with Crippen LogP contribution in [0.25, 0.3) is 0 Å². The number of rotatable bonds is 4. The Morgan fingerprint density at radius 3 is 2.43 bits per heavy atom. The Hall–Kier alpha value is -2.87. The van der Waals surface area contributed by atoms with Gasteiger partial charge in [-0.1, -0.05) is 11.6 Å². The molecule has 1 aromatic carbocycles. The summed E-state index contributed by atoms with van der Waals surface area (Å²) in [6.07, 6.45) is 3.24. The van der Waals surface area contributed by atoms with Gasteiger partial charge in [-0.15, -0.1) is 0 Å². The number of piperazine rings is 1. The molecule has 0 radical (unpaired) electrons. The number of amides is 3. The van der Waals surface area contributed by atoms with Crippen LogP contribution in [0.15, 0.2) is 42.9 Å². The monoisotopic (exact) mass is 400 g/mol. The summed E-state index contributed by atoms with van der Waals surface area (Å²) in [4.78, 5) is 40.8. The number of anilines is 2. The molecular weight excluding hydrogens is 380 g/mol. The van der Waals surface area contributed by atoms with Crippen molar-refractivity contribution in [3.05, 3.63) is 47.9 Å². The SMILES string of the molecule is O=C(CN1CCN(c2ccc(Cl)cc2)C1=O)N1CCN(c2ccncn2)CC1. The lowest BCUT2D eigenvalue weighted by Crippen LogP contribution is -2.51. The highest BCUT2D eigenvalue weighted by Crippen LogP contribution is 2.22. The van der Waals surface area contributed by atoms with E-state index in [4.69, 9.17) is 11.6 Å². The first-order valence-corrected chi connectivity index (χ1v) is 9.60. The number of nitrogens with zero attached hydrogens (tertiary/aromatic N) is 6. The molecule has 28 heavy (non-hydrogen) atoms. The highest BCUT2D eigenvalue weighted by atomic mass is 35.5. The lowest BCUT2D eigenvalue weighted by atomic mass is 10.3. The third-order valence-electron chi connectivity index (χ3n) is 5.08. The minimum atomic E-state index is -0.143. The smallest absolute Gasteiger partial charge is 0.325 e. The van der Waals surface area contributed by atoms with Crippen molar-refractivity contribution < 1.29 is 9.59 Å². The predicted octanol–water partition coefficient (Wildman–Crippen LogP) is 1.72. The van der Waals surface area contributed by atoms with Gasteiger partial charge in [0.25, 0.3) is 0 Å². The maximum Gasteiger partial charge on any atom is 0.325 e. The molecule has 2 aliphatic rings. The number of carbonyl (C=O) groups is 2. The highest BCUT2D eigenvalue weighted by Gasteiger charge is 2.32. The molecule has 146 valence electrons. The fourth-order valence-corrected chi connectivity index (χ4v) is 3.63. The summed E-state index contributed by atoms with van der Waals surface area (Å²) in [5, 5.41) is 0.628. The van der Waals surface area contributed by atoms with Crippen molar-refractivity contribution in [2.75, 3.05) is 55.6 Å². The van der Waals surface area contributed by atoms with Gasteiger partial charge in [0.15, 0.2) is 0 Å². The molecule has 0 bridgehead atoms. The molecule has 9 heteroatoms. The fourth-order valence-electron chi connectivity index (χ4n) is 3.51. The van der Waals surface area contributed by atoms with Crippen LogP contribution in [0.4, 0.5) is 16.3 Å². The second kappa shape index (κ2) is 8.02. The zero-order valence-corrected chi connectivity index (χ0v) is 16.1. The molecule has 8 nitrogen and oxygen atoms in total. The van der Waals surface area contributed by atoms with E-state index >= 15 is 0 Å². The van der Waals surface area contributed by atoms with E-state index in [1.165, 1.54) is 6.33 Å². The molecule has 2 fully saturated rings. The van der Waals surface area contributed by atoms with Gasteiger partial charge in [-0.2, -0.15) is 0 Å². The fraction of sp³-hybridized carbons (Fsp3) is 0.368. The summed E-state index contributed by atoms with van der Waals surface area (Å²) in [7, 11) is 0. The number of aromatic nitrogens is 2. The van der Waals surface area contributed by atoms with Crippen LogP contribution in [0, 0.1) is 0 Å². The van der Waals surface area contributed by atoms with E-state index < -0.39 is 0 Å². The minimum Gasteiger partial charge on any atom is -0.353 e. The van der Waals surface area contributed by atoms with E-state index in [9.17, 15) is 9.59 Å². The van der Waals surface area contributed by atoms with Crippen LogP contribution in [-0.2, 0) is 4.79 Å². The minimum absolute atomic E-state index is 0.0198. The molecular formula is C19H21ClN6O2. The van der Waals surface area contributed by atoms with E-state index in [2.05, 4.69) is 14.9 Å². The van der Waals surface area contributed by atoms with Gasteiger partial charge in [0.2, 0.25) is 5.91 Å². The standard InChI is InChI=1S/C19H21ClN6O2/c20-15-1-3-16(4-2-15)26-12-11-25(19(26)28)13-18(27)24-9-7-23(8-10-24)17-5-6-21-14-22-17/h1-6,14H,7-13H2. The highest BCUT2D eigenvalue weighted by molar-refractivity contribution is 6.30. The van der Waals surface area contributed by atoms with Crippen LogP contribution in [-0.4, -0.2) is 77.5 Å². The quantitative estimate of drug-likeness (QED) is 0.781. The van der Waals surface area contributed by atoms with Crippen LogP contribution in [0.2, 0.25) is 5.02 Å². The van der Waals surface area contributed by atoms with Crippen molar-refractivity contribution in [2.24, 2.45) is 0 Å². The number of halogens is 1. The van der Waals surface area contributed by atoms with Crippen LogP contribution < -0.4 is 9.80 Å². The van der Waals surface area contributed by atoms with E-state index in [1.807, 2.05) is 23.1 Å². The average Bonchev–Trinajstić information content (AvgIpc) is 3.09. The molecule has 0 saturated carbocycles. The Labute approximate surface area is 168 Å². The van der Waals surface area contributed by atoms with Crippen molar-refractivity contribution in [1.82, 2.24) is 19.8 Å². The molecule has 4 rings (SSSR count). The maximum absolute atomic E-state index is 12.7. The first-order valence-electron chi connectivity index (χ1n) is 9.22. The van der Waals surface area contributed by atoms with Gasteiger partial charge in [-0.25, -0.2) is 14.8 Å². The molecule has 0 aliphatic carbocycles. The van der Waals surface area contributed by atoms with Gasteiger partial charge >= 0.3 is 6.03 Å². The van der Waals surface area contributed by atoms with Crippen molar-refractivity contribution in [2.45, 2.75) is 0 Å². The van der Waals surface area contributed by atoms with Crippen molar-refractivity contribution in [1.29, 1.82) is 0 Å². The molecule has 2 aromatic rings. The molecule has 2 saturated heterocycles. The average molecular weight is 401 g/mol. The molecule has 2 aliphatic heterocycles. The molecule has 0 atom stereocenters. The van der Waals surface area contributed by atoms with E-state index in [0.29, 0.717) is 44.3 Å². The lowest BCUT2D eigenvalue weighted by Gasteiger charge is -2.36. The third kappa shape index (κ3) is 3.87. The van der Waals surface area contributed by atoms with Gasteiger partial charge in [0.1, 0.15) is 18.7 Å². The van der Waals surface area contributed by atoms with Gasteiger partial charge in [0, 0.05) is 56.2 Å². The zero-order chi connectivity index (χ0) is 19.5. The lowest BCUT2D eigenvalue weighted by molar-refractivity contribution is -0.131. The summed E-state index contributed by atoms with van der Waals surface area (Å²) < 4.78 is 0. The zero-order valence-electron chi connectivity index (χ0n) is 15.4. The number of hydrogen-bond acceptors (Lipinski definition) is 5. The van der Waals surface area contributed by atoms with Crippen LogP contribution in [0.1, 0.15) is 0 Å². The van der Waals surface area contributed by atoms with Gasteiger partial charge in [-0.3, -0.25) is 9.69 Å². The maximum atomic E-state index is 12.7.